The number of carbonyl (C=O) groups is 1. The standard InChI is InChI=1S/C16H15NO5S/c1-11-10-17(14-4-2-3-5-15(14)22-11)23(20,21)13-8-6-12(7-9-13)16(18)19/h2-9,11H,10H2,1H3,(H,18,19). The summed E-state index contributed by atoms with van der Waals surface area (Å²) in [5.74, 6) is -0.587. The fraction of sp³-hybridized carbons (Fsp3) is 0.188. The number of hydrogen-bond donors (Lipinski definition) is 1. The van der Waals surface area contributed by atoms with Crippen LogP contribution < -0.4 is 9.04 Å². The lowest BCUT2D eigenvalue weighted by Gasteiger charge is -2.34. The molecule has 1 heterocycles. The number of rotatable bonds is 3. The first kappa shape index (κ1) is 15.4. The lowest BCUT2D eigenvalue weighted by molar-refractivity contribution is 0.0696. The third-order valence-electron chi connectivity index (χ3n) is 3.57. The van der Waals surface area contributed by atoms with Crippen molar-refractivity contribution in [2.45, 2.75) is 17.9 Å². The number of hydrogen-bond acceptors (Lipinski definition) is 4. The van der Waals surface area contributed by atoms with Gasteiger partial charge in [-0.25, -0.2) is 13.2 Å². The molecule has 1 aliphatic rings. The molecule has 0 fully saturated rings. The van der Waals surface area contributed by atoms with Gasteiger partial charge < -0.3 is 9.84 Å². The van der Waals surface area contributed by atoms with Crippen molar-refractivity contribution >= 4 is 21.7 Å². The predicted molar refractivity (Wildman–Crippen MR) is 84.5 cm³/mol. The van der Waals surface area contributed by atoms with E-state index in [0.29, 0.717) is 11.4 Å². The molecule has 0 aromatic heterocycles. The van der Waals surface area contributed by atoms with Crippen LogP contribution in [0.5, 0.6) is 5.75 Å². The van der Waals surface area contributed by atoms with Crippen LogP contribution in [0.2, 0.25) is 0 Å². The van der Waals surface area contributed by atoms with Crippen LogP contribution in [0.3, 0.4) is 0 Å². The summed E-state index contributed by atoms with van der Waals surface area (Å²) in [6, 6.07) is 12.1. The number of fused-ring (bicyclic) bond motifs is 1. The molecular weight excluding hydrogens is 318 g/mol. The molecule has 1 unspecified atom stereocenters. The van der Waals surface area contributed by atoms with Crippen molar-refractivity contribution in [1.29, 1.82) is 0 Å². The molecule has 1 N–H and O–H groups in total. The van der Waals surface area contributed by atoms with Crippen LogP contribution in [0, 0.1) is 0 Å². The Morgan fingerprint density at radius 1 is 1.17 bits per heavy atom. The average molecular weight is 333 g/mol. The van der Waals surface area contributed by atoms with Gasteiger partial charge in [0.05, 0.1) is 22.7 Å². The van der Waals surface area contributed by atoms with E-state index in [-0.39, 0.29) is 23.1 Å². The van der Waals surface area contributed by atoms with E-state index < -0.39 is 16.0 Å². The quantitative estimate of drug-likeness (QED) is 0.932. The smallest absolute Gasteiger partial charge is 0.335 e. The van der Waals surface area contributed by atoms with Crippen molar-refractivity contribution in [3.8, 4) is 5.75 Å². The number of sulfonamides is 1. The first-order valence-electron chi connectivity index (χ1n) is 7.01. The maximum atomic E-state index is 12.9. The number of benzene rings is 2. The van der Waals surface area contributed by atoms with Crippen LogP contribution in [-0.4, -0.2) is 32.1 Å². The van der Waals surface area contributed by atoms with E-state index in [9.17, 15) is 13.2 Å². The molecule has 6 nitrogen and oxygen atoms in total. The Morgan fingerprint density at radius 3 is 2.48 bits per heavy atom. The summed E-state index contributed by atoms with van der Waals surface area (Å²) in [5, 5.41) is 8.92. The van der Waals surface area contributed by atoms with E-state index in [1.54, 1.807) is 31.2 Å². The summed E-state index contributed by atoms with van der Waals surface area (Å²) in [7, 11) is -3.79. The van der Waals surface area contributed by atoms with Gasteiger partial charge in [-0.1, -0.05) is 12.1 Å². The molecule has 1 atom stereocenters. The second-order valence-electron chi connectivity index (χ2n) is 5.26. The largest absolute Gasteiger partial charge is 0.487 e. The summed E-state index contributed by atoms with van der Waals surface area (Å²) in [5.41, 5.74) is 0.521. The van der Waals surface area contributed by atoms with Gasteiger partial charge in [-0.05, 0) is 43.3 Å². The van der Waals surface area contributed by atoms with Crippen LogP contribution in [0.4, 0.5) is 5.69 Å². The Morgan fingerprint density at radius 2 is 1.83 bits per heavy atom. The van der Waals surface area contributed by atoms with Gasteiger partial charge in [-0.15, -0.1) is 0 Å². The van der Waals surface area contributed by atoms with Crippen molar-refractivity contribution in [2.75, 3.05) is 10.8 Å². The fourth-order valence-corrected chi connectivity index (χ4v) is 4.02. The molecule has 0 bridgehead atoms. The first-order valence-corrected chi connectivity index (χ1v) is 8.45. The lowest BCUT2D eigenvalue weighted by atomic mass is 10.2. The minimum absolute atomic E-state index is 0.0414. The summed E-state index contributed by atoms with van der Waals surface area (Å²) in [6.45, 7) is 1.99. The van der Waals surface area contributed by atoms with Crippen molar-refractivity contribution in [2.24, 2.45) is 0 Å². The molecule has 3 rings (SSSR count). The van der Waals surface area contributed by atoms with E-state index in [1.807, 2.05) is 0 Å². The van der Waals surface area contributed by atoms with Gasteiger partial charge in [0.15, 0.2) is 0 Å². The molecule has 2 aromatic rings. The molecule has 0 saturated carbocycles. The molecule has 23 heavy (non-hydrogen) atoms. The number of nitrogens with zero attached hydrogens (tertiary/aromatic N) is 1. The summed E-state index contributed by atoms with van der Waals surface area (Å²) < 4.78 is 32.8. The summed E-state index contributed by atoms with van der Waals surface area (Å²) >= 11 is 0. The van der Waals surface area contributed by atoms with Crippen molar-refractivity contribution in [3.63, 3.8) is 0 Å². The Labute approximate surface area is 134 Å². The van der Waals surface area contributed by atoms with Gasteiger partial charge in [0.1, 0.15) is 11.9 Å². The number of aromatic carboxylic acids is 1. The second-order valence-corrected chi connectivity index (χ2v) is 7.12. The van der Waals surface area contributed by atoms with Gasteiger partial charge in [0, 0.05) is 0 Å². The lowest BCUT2D eigenvalue weighted by Crippen LogP contribution is -2.42. The Balaban J connectivity index is 2.04. The van der Waals surface area contributed by atoms with Gasteiger partial charge >= 0.3 is 5.97 Å². The number of ether oxygens (including phenoxy) is 1. The van der Waals surface area contributed by atoms with Crippen molar-refractivity contribution < 1.29 is 23.1 Å². The van der Waals surface area contributed by atoms with Gasteiger partial charge in [-0.2, -0.15) is 0 Å². The molecule has 7 heteroatoms. The number of anilines is 1. The van der Waals surface area contributed by atoms with E-state index in [1.165, 1.54) is 28.6 Å². The number of para-hydroxylation sites is 2. The summed E-state index contributed by atoms with van der Waals surface area (Å²) in [6.07, 6.45) is -0.280. The maximum Gasteiger partial charge on any atom is 0.335 e. The minimum atomic E-state index is -3.79. The first-order chi connectivity index (χ1) is 10.9. The van der Waals surface area contributed by atoms with Crippen LogP contribution in [0.25, 0.3) is 0 Å². The maximum absolute atomic E-state index is 12.9. The molecule has 0 aliphatic carbocycles. The van der Waals surface area contributed by atoms with Gasteiger partial charge in [-0.3, -0.25) is 4.31 Å². The highest BCUT2D eigenvalue weighted by molar-refractivity contribution is 7.92. The van der Waals surface area contributed by atoms with Crippen molar-refractivity contribution in [3.05, 3.63) is 54.1 Å². The highest BCUT2D eigenvalue weighted by atomic mass is 32.2. The van der Waals surface area contributed by atoms with Crippen LogP contribution in [0.15, 0.2) is 53.4 Å². The Bertz CT molecular complexity index is 845. The van der Waals surface area contributed by atoms with E-state index in [0.717, 1.165) is 0 Å². The molecule has 1 aliphatic heterocycles. The number of carboxylic acids is 1. The summed E-state index contributed by atoms with van der Waals surface area (Å²) in [4.78, 5) is 10.9. The monoisotopic (exact) mass is 333 g/mol. The highest BCUT2D eigenvalue weighted by Gasteiger charge is 2.32. The van der Waals surface area contributed by atoms with Crippen LogP contribution >= 0.6 is 0 Å². The predicted octanol–water partition coefficient (Wildman–Crippen LogP) is 2.36. The molecule has 0 saturated heterocycles. The van der Waals surface area contributed by atoms with Gasteiger partial charge in [0.25, 0.3) is 10.0 Å². The molecule has 2 aromatic carbocycles. The zero-order chi connectivity index (χ0) is 16.6. The van der Waals surface area contributed by atoms with E-state index in [4.69, 9.17) is 9.84 Å². The van der Waals surface area contributed by atoms with Crippen molar-refractivity contribution in [1.82, 2.24) is 0 Å². The third-order valence-corrected chi connectivity index (χ3v) is 5.37. The average Bonchev–Trinajstić information content (AvgIpc) is 2.54. The Hall–Kier alpha value is -2.54. The van der Waals surface area contributed by atoms with E-state index in [2.05, 4.69) is 0 Å². The molecular formula is C16H15NO5S. The molecule has 0 radical (unpaired) electrons. The fourth-order valence-electron chi connectivity index (χ4n) is 2.47. The molecule has 0 amide bonds. The molecule has 120 valence electrons. The highest BCUT2D eigenvalue weighted by Crippen LogP contribution is 2.36. The Kier molecular flexibility index (Phi) is 3.73. The zero-order valence-electron chi connectivity index (χ0n) is 12.3. The van der Waals surface area contributed by atoms with Crippen LogP contribution in [-0.2, 0) is 10.0 Å². The third kappa shape index (κ3) is 2.75. The van der Waals surface area contributed by atoms with E-state index >= 15 is 0 Å². The normalized spacial score (nSPS) is 17.3. The van der Waals surface area contributed by atoms with Gasteiger partial charge in [0.2, 0.25) is 0 Å². The topological polar surface area (TPSA) is 83.9 Å². The second kappa shape index (κ2) is 5.58. The van der Waals surface area contributed by atoms with Crippen LogP contribution in [0.1, 0.15) is 17.3 Å². The minimum Gasteiger partial charge on any atom is -0.487 e. The zero-order valence-corrected chi connectivity index (χ0v) is 13.2. The molecule has 0 spiro atoms. The SMILES string of the molecule is CC1CN(S(=O)(=O)c2ccc(C(=O)O)cc2)c2ccccc2O1. The number of carboxylic acid groups (broad SMARTS) is 1.